The van der Waals surface area contributed by atoms with Crippen LogP contribution in [0.5, 0.6) is 0 Å². The summed E-state index contributed by atoms with van der Waals surface area (Å²) in [5.41, 5.74) is 2.83. The molecule has 12 heteroatoms. The van der Waals surface area contributed by atoms with Gasteiger partial charge in [0.1, 0.15) is 12.1 Å². The zero-order chi connectivity index (χ0) is 26.7. The number of hydrogen-bond acceptors (Lipinski definition) is 5. The van der Waals surface area contributed by atoms with Crippen molar-refractivity contribution in [2.75, 3.05) is 16.0 Å². The Kier molecular flexibility index (Phi) is 7.48. The highest BCUT2D eigenvalue weighted by atomic mass is 79.9. The largest absolute Gasteiger partial charge is 0.417 e. The number of amides is 2. The Balaban J connectivity index is 1.53. The zero-order valence-electron chi connectivity index (χ0n) is 20.1. The Morgan fingerprint density at radius 2 is 1.70 bits per heavy atom. The smallest absolute Gasteiger partial charge is 0.340 e. The van der Waals surface area contributed by atoms with Crippen molar-refractivity contribution in [2.24, 2.45) is 0 Å². The van der Waals surface area contributed by atoms with Crippen molar-refractivity contribution >= 4 is 44.8 Å². The van der Waals surface area contributed by atoms with Crippen LogP contribution in [0.1, 0.15) is 29.4 Å². The van der Waals surface area contributed by atoms with Gasteiger partial charge in [0.15, 0.2) is 5.82 Å². The molecular weight excluding hydrogens is 551 g/mol. The Morgan fingerprint density at radius 1 is 1.00 bits per heavy atom. The minimum Gasteiger partial charge on any atom is -0.340 e. The molecule has 4 rings (SSSR count). The van der Waals surface area contributed by atoms with Crippen LogP contribution in [0.2, 0.25) is 0 Å². The van der Waals surface area contributed by atoms with Gasteiger partial charge < -0.3 is 16.0 Å². The van der Waals surface area contributed by atoms with Crippen LogP contribution >= 0.6 is 15.9 Å². The van der Waals surface area contributed by atoms with E-state index >= 15 is 0 Å². The molecule has 0 saturated carbocycles. The standard InChI is InChI=1S/C25H23BrF3N7O/c1-4-16-12-22(31-13-30-16)36-23(9-15(3)35-36)34-21-11-18(6-5-14(21)2)33-24(37)32-17-7-8-20(26)19(10-17)25(27,28)29/h5-13,34H,4H2,1-3H3,(H2,32,33,37). The van der Waals surface area contributed by atoms with Gasteiger partial charge in [-0.2, -0.15) is 23.0 Å². The maximum absolute atomic E-state index is 13.2. The van der Waals surface area contributed by atoms with E-state index in [9.17, 15) is 18.0 Å². The summed E-state index contributed by atoms with van der Waals surface area (Å²) < 4.78 is 41.1. The Labute approximate surface area is 219 Å². The van der Waals surface area contributed by atoms with E-state index in [1.54, 1.807) is 16.8 Å². The Bertz CT molecular complexity index is 1450. The molecule has 0 bridgehead atoms. The molecule has 2 aromatic carbocycles. The highest BCUT2D eigenvalue weighted by Crippen LogP contribution is 2.36. The van der Waals surface area contributed by atoms with E-state index in [0.29, 0.717) is 23.0 Å². The SMILES string of the molecule is CCc1cc(-n2nc(C)cc2Nc2cc(NC(=O)Nc3ccc(Br)c(C(F)(F)F)c3)ccc2C)ncn1. The topological polar surface area (TPSA) is 96.8 Å². The number of rotatable bonds is 6. The molecular formula is C25H23BrF3N7O. The summed E-state index contributed by atoms with van der Waals surface area (Å²) in [5.74, 6) is 1.28. The van der Waals surface area contributed by atoms with Crippen molar-refractivity contribution in [3.05, 3.63) is 81.8 Å². The number of nitrogens with one attached hydrogen (secondary N) is 3. The fourth-order valence-electron chi connectivity index (χ4n) is 3.54. The number of carbonyl (C=O) groups excluding carboxylic acids is 1. The summed E-state index contributed by atoms with van der Waals surface area (Å²) in [5, 5.41) is 13.0. The van der Waals surface area contributed by atoms with E-state index < -0.39 is 17.8 Å². The monoisotopic (exact) mass is 573 g/mol. The third-order valence-corrected chi connectivity index (χ3v) is 6.10. The van der Waals surface area contributed by atoms with Crippen LogP contribution in [0.15, 0.2) is 59.3 Å². The number of alkyl halides is 3. The number of urea groups is 1. The first-order valence-electron chi connectivity index (χ1n) is 11.2. The first-order valence-corrected chi connectivity index (χ1v) is 12.0. The Morgan fingerprint density at radius 3 is 2.41 bits per heavy atom. The first-order chi connectivity index (χ1) is 17.5. The van der Waals surface area contributed by atoms with Crippen LogP contribution < -0.4 is 16.0 Å². The molecule has 2 amide bonds. The molecule has 8 nitrogen and oxygen atoms in total. The minimum absolute atomic E-state index is 0.00848. The lowest BCUT2D eigenvalue weighted by Crippen LogP contribution is -2.20. The molecule has 192 valence electrons. The van der Waals surface area contributed by atoms with Crippen LogP contribution in [0.25, 0.3) is 5.82 Å². The second kappa shape index (κ2) is 10.6. The molecule has 0 aliphatic rings. The highest BCUT2D eigenvalue weighted by Gasteiger charge is 2.33. The normalized spacial score (nSPS) is 11.3. The molecule has 0 aliphatic heterocycles. The highest BCUT2D eigenvalue weighted by molar-refractivity contribution is 9.10. The molecule has 4 aromatic rings. The van der Waals surface area contributed by atoms with Gasteiger partial charge in [-0.05, 0) is 56.2 Å². The van der Waals surface area contributed by atoms with Crippen LogP contribution in [0.3, 0.4) is 0 Å². The minimum atomic E-state index is -4.56. The van der Waals surface area contributed by atoms with Gasteiger partial charge in [-0.15, -0.1) is 0 Å². The van der Waals surface area contributed by atoms with Crippen LogP contribution in [0.4, 0.5) is 40.8 Å². The lowest BCUT2D eigenvalue weighted by molar-refractivity contribution is -0.138. The van der Waals surface area contributed by atoms with Gasteiger partial charge in [-0.3, -0.25) is 0 Å². The van der Waals surface area contributed by atoms with Gasteiger partial charge in [-0.25, -0.2) is 14.8 Å². The second-order valence-corrected chi connectivity index (χ2v) is 9.08. The van der Waals surface area contributed by atoms with E-state index in [-0.39, 0.29) is 10.2 Å². The van der Waals surface area contributed by atoms with E-state index in [1.165, 1.54) is 18.5 Å². The molecule has 0 atom stereocenters. The maximum Gasteiger partial charge on any atom is 0.417 e. The van der Waals surface area contributed by atoms with Gasteiger partial charge in [0.25, 0.3) is 0 Å². The van der Waals surface area contributed by atoms with Gasteiger partial charge >= 0.3 is 12.2 Å². The molecule has 2 heterocycles. The zero-order valence-corrected chi connectivity index (χ0v) is 21.7. The predicted octanol–water partition coefficient (Wildman–Crippen LogP) is 7.01. The number of halogens is 4. The van der Waals surface area contributed by atoms with Gasteiger partial charge in [-0.1, -0.05) is 28.9 Å². The lowest BCUT2D eigenvalue weighted by Gasteiger charge is -2.15. The number of nitrogens with zero attached hydrogens (tertiary/aromatic N) is 4. The van der Waals surface area contributed by atoms with Crippen molar-refractivity contribution in [2.45, 2.75) is 33.4 Å². The fourth-order valence-corrected chi connectivity index (χ4v) is 4.02. The summed E-state index contributed by atoms with van der Waals surface area (Å²) in [6, 6.07) is 11.8. The van der Waals surface area contributed by atoms with Crippen molar-refractivity contribution in [3.8, 4) is 5.82 Å². The molecule has 0 spiro atoms. The number of hydrogen-bond donors (Lipinski definition) is 3. The molecule has 0 unspecified atom stereocenters. The number of anilines is 4. The Hall–Kier alpha value is -3.93. The fraction of sp³-hybridized carbons (Fsp3) is 0.200. The van der Waals surface area contributed by atoms with E-state index in [0.717, 1.165) is 29.4 Å². The van der Waals surface area contributed by atoms with E-state index in [1.807, 2.05) is 39.0 Å². The summed E-state index contributed by atoms with van der Waals surface area (Å²) >= 11 is 2.89. The average molecular weight is 574 g/mol. The van der Waals surface area contributed by atoms with E-state index in [2.05, 4.69) is 46.9 Å². The number of aromatic nitrogens is 4. The molecule has 0 radical (unpaired) electrons. The molecule has 37 heavy (non-hydrogen) atoms. The molecule has 2 aromatic heterocycles. The van der Waals surface area contributed by atoms with Gasteiger partial charge in [0.2, 0.25) is 0 Å². The second-order valence-electron chi connectivity index (χ2n) is 8.23. The van der Waals surface area contributed by atoms with Crippen molar-refractivity contribution in [3.63, 3.8) is 0 Å². The quantitative estimate of drug-likeness (QED) is 0.230. The lowest BCUT2D eigenvalue weighted by atomic mass is 10.1. The third kappa shape index (κ3) is 6.26. The predicted molar refractivity (Wildman–Crippen MR) is 140 cm³/mol. The van der Waals surface area contributed by atoms with Crippen LogP contribution in [-0.2, 0) is 12.6 Å². The van der Waals surface area contributed by atoms with Gasteiger partial charge in [0.05, 0.1) is 11.3 Å². The summed E-state index contributed by atoms with van der Waals surface area (Å²) in [6.07, 6.45) is -2.31. The van der Waals surface area contributed by atoms with Gasteiger partial charge in [0, 0.05) is 39.4 Å². The van der Waals surface area contributed by atoms with Crippen molar-refractivity contribution < 1.29 is 18.0 Å². The molecule has 3 N–H and O–H groups in total. The summed E-state index contributed by atoms with van der Waals surface area (Å²) in [4.78, 5) is 21.1. The van der Waals surface area contributed by atoms with Crippen LogP contribution in [-0.4, -0.2) is 25.8 Å². The number of benzene rings is 2. The summed E-state index contributed by atoms with van der Waals surface area (Å²) in [7, 11) is 0. The van der Waals surface area contributed by atoms with Crippen LogP contribution in [0, 0.1) is 13.8 Å². The number of aryl methyl sites for hydroxylation is 3. The third-order valence-electron chi connectivity index (χ3n) is 5.41. The molecule has 0 fully saturated rings. The first kappa shape index (κ1) is 26.1. The maximum atomic E-state index is 13.2. The molecule has 0 saturated heterocycles. The van der Waals surface area contributed by atoms with Crippen molar-refractivity contribution in [1.29, 1.82) is 0 Å². The number of carbonyl (C=O) groups is 1. The summed E-state index contributed by atoms with van der Waals surface area (Å²) in [6.45, 7) is 5.77. The molecule has 0 aliphatic carbocycles. The van der Waals surface area contributed by atoms with Crippen molar-refractivity contribution in [1.82, 2.24) is 19.7 Å². The average Bonchev–Trinajstić information content (AvgIpc) is 3.21. The van der Waals surface area contributed by atoms with E-state index in [4.69, 9.17) is 0 Å².